The van der Waals surface area contributed by atoms with Gasteiger partial charge in [-0.15, -0.1) is 0 Å². The molecule has 0 radical (unpaired) electrons. The number of esters is 1. The highest BCUT2D eigenvalue weighted by Crippen LogP contribution is 2.27. The molecule has 0 bridgehead atoms. The molecule has 0 aliphatic carbocycles. The van der Waals surface area contributed by atoms with Gasteiger partial charge in [-0.3, -0.25) is 4.79 Å². The molecule has 0 saturated carbocycles. The van der Waals surface area contributed by atoms with E-state index in [-0.39, 0.29) is 18.3 Å². The van der Waals surface area contributed by atoms with Gasteiger partial charge in [0.1, 0.15) is 0 Å². The first-order chi connectivity index (χ1) is 10.3. The predicted molar refractivity (Wildman–Crippen MR) is 80.7 cm³/mol. The van der Waals surface area contributed by atoms with Crippen LogP contribution < -0.4 is 0 Å². The van der Waals surface area contributed by atoms with Gasteiger partial charge >= 0.3 is 5.97 Å². The van der Waals surface area contributed by atoms with Gasteiger partial charge in [0.15, 0.2) is 0 Å². The Hall–Kier alpha value is -2.60. The number of ether oxygens (including phenoxy) is 1. The van der Waals surface area contributed by atoms with E-state index in [0.717, 1.165) is 16.7 Å². The van der Waals surface area contributed by atoms with E-state index in [2.05, 4.69) is 6.07 Å². The molecule has 2 aromatic carbocycles. The molecular formula is C18H17NO2. The van der Waals surface area contributed by atoms with E-state index < -0.39 is 0 Å². The van der Waals surface area contributed by atoms with Crippen molar-refractivity contribution < 1.29 is 9.53 Å². The van der Waals surface area contributed by atoms with E-state index in [9.17, 15) is 10.1 Å². The number of nitrogens with zero attached hydrogens (tertiary/aromatic N) is 1. The van der Waals surface area contributed by atoms with Crippen LogP contribution in [0.1, 0.15) is 29.5 Å². The van der Waals surface area contributed by atoms with E-state index in [4.69, 9.17) is 4.74 Å². The summed E-state index contributed by atoms with van der Waals surface area (Å²) in [6.07, 6.45) is 0.190. The fraction of sp³-hybridized carbons (Fsp3) is 0.222. The van der Waals surface area contributed by atoms with Gasteiger partial charge in [0, 0.05) is 0 Å². The second kappa shape index (κ2) is 7.25. The SMILES string of the molecule is CCOC(=O)Cc1ccccc1C(C#N)c1ccccc1. The lowest BCUT2D eigenvalue weighted by Crippen LogP contribution is -2.11. The van der Waals surface area contributed by atoms with Crippen molar-refractivity contribution in [3.05, 3.63) is 71.3 Å². The molecule has 21 heavy (non-hydrogen) atoms. The van der Waals surface area contributed by atoms with Crippen molar-refractivity contribution in [2.45, 2.75) is 19.3 Å². The lowest BCUT2D eigenvalue weighted by Gasteiger charge is -2.14. The Labute approximate surface area is 124 Å². The highest BCUT2D eigenvalue weighted by molar-refractivity contribution is 5.73. The number of benzene rings is 2. The second-order valence-electron chi connectivity index (χ2n) is 4.65. The zero-order valence-corrected chi connectivity index (χ0v) is 12.0. The van der Waals surface area contributed by atoms with Crippen LogP contribution in [0.4, 0.5) is 0 Å². The zero-order valence-electron chi connectivity index (χ0n) is 12.0. The Morgan fingerprint density at radius 3 is 2.48 bits per heavy atom. The summed E-state index contributed by atoms with van der Waals surface area (Å²) in [5.41, 5.74) is 2.63. The lowest BCUT2D eigenvalue weighted by molar-refractivity contribution is -0.142. The molecule has 0 heterocycles. The molecule has 0 N–H and O–H groups in total. The van der Waals surface area contributed by atoms with Crippen LogP contribution in [0.2, 0.25) is 0 Å². The number of hydrogen-bond donors (Lipinski definition) is 0. The van der Waals surface area contributed by atoms with E-state index in [0.29, 0.717) is 6.61 Å². The maximum absolute atomic E-state index is 11.7. The predicted octanol–water partition coefficient (Wildman–Crippen LogP) is 3.45. The van der Waals surface area contributed by atoms with Crippen molar-refractivity contribution in [1.29, 1.82) is 5.26 Å². The van der Waals surface area contributed by atoms with Crippen LogP contribution in [0.25, 0.3) is 0 Å². The van der Waals surface area contributed by atoms with Crippen LogP contribution >= 0.6 is 0 Å². The van der Waals surface area contributed by atoms with Gasteiger partial charge in [-0.1, -0.05) is 54.6 Å². The first-order valence-electron chi connectivity index (χ1n) is 6.94. The number of carbonyl (C=O) groups is 1. The fourth-order valence-electron chi connectivity index (χ4n) is 2.31. The van der Waals surface area contributed by atoms with Crippen molar-refractivity contribution in [2.24, 2.45) is 0 Å². The van der Waals surface area contributed by atoms with Gasteiger partial charge in [0.2, 0.25) is 0 Å². The third kappa shape index (κ3) is 3.70. The average Bonchev–Trinajstić information content (AvgIpc) is 2.51. The molecule has 0 amide bonds. The summed E-state index contributed by atoms with van der Waals surface area (Å²) in [7, 11) is 0. The monoisotopic (exact) mass is 279 g/mol. The van der Waals surface area contributed by atoms with Crippen molar-refractivity contribution in [3.8, 4) is 6.07 Å². The topological polar surface area (TPSA) is 50.1 Å². The third-order valence-corrected chi connectivity index (χ3v) is 3.27. The Kier molecular flexibility index (Phi) is 5.11. The summed E-state index contributed by atoms with van der Waals surface area (Å²) in [6.45, 7) is 2.15. The Balaban J connectivity index is 2.34. The molecule has 0 spiro atoms. The smallest absolute Gasteiger partial charge is 0.310 e. The second-order valence-corrected chi connectivity index (χ2v) is 4.65. The first-order valence-corrected chi connectivity index (χ1v) is 6.94. The molecule has 1 unspecified atom stereocenters. The number of nitriles is 1. The van der Waals surface area contributed by atoms with Gasteiger partial charge in [0.25, 0.3) is 0 Å². The van der Waals surface area contributed by atoms with E-state index in [1.165, 1.54) is 0 Å². The Morgan fingerprint density at radius 2 is 1.81 bits per heavy atom. The zero-order chi connectivity index (χ0) is 15.1. The average molecular weight is 279 g/mol. The molecule has 0 saturated heterocycles. The molecule has 3 nitrogen and oxygen atoms in total. The highest BCUT2D eigenvalue weighted by Gasteiger charge is 2.18. The molecule has 0 fully saturated rings. The first kappa shape index (κ1) is 14.8. The van der Waals surface area contributed by atoms with Gasteiger partial charge < -0.3 is 4.74 Å². The molecule has 2 rings (SSSR count). The van der Waals surface area contributed by atoms with Crippen molar-refractivity contribution in [2.75, 3.05) is 6.61 Å². The summed E-state index contributed by atoms with van der Waals surface area (Å²) >= 11 is 0. The molecular weight excluding hydrogens is 262 g/mol. The lowest BCUT2D eigenvalue weighted by atomic mass is 9.88. The molecule has 0 aliphatic heterocycles. The summed E-state index contributed by atoms with van der Waals surface area (Å²) < 4.78 is 5.00. The van der Waals surface area contributed by atoms with Crippen LogP contribution in [0.15, 0.2) is 54.6 Å². The standard InChI is InChI=1S/C18H17NO2/c1-2-21-18(20)12-15-10-6-7-11-16(15)17(13-19)14-8-4-3-5-9-14/h3-11,17H,2,12H2,1H3. The summed E-state index contributed by atoms with van der Waals surface area (Å²) in [4.78, 5) is 11.7. The minimum atomic E-state index is -0.378. The minimum Gasteiger partial charge on any atom is -0.466 e. The minimum absolute atomic E-state index is 0.190. The maximum Gasteiger partial charge on any atom is 0.310 e. The quantitative estimate of drug-likeness (QED) is 0.788. The highest BCUT2D eigenvalue weighted by atomic mass is 16.5. The fourth-order valence-corrected chi connectivity index (χ4v) is 2.31. The van der Waals surface area contributed by atoms with E-state index in [1.54, 1.807) is 6.92 Å². The van der Waals surface area contributed by atoms with Crippen molar-refractivity contribution in [3.63, 3.8) is 0 Å². The van der Waals surface area contributed by atoms with Crippen LogP contribution in [0.5, 0.6) is 0 Å². The number of carbonyl (C=O) groups excluding carboxylic acids is 1. The Bertz CT molecular complexity index is 644. The summed E-state index contributed by atoms with van der Waals surface area (Å²) in [5, 5.41) is 9.53. The van der Waals surface area contributed by atoms with Crippen molar-refractivity contribution in [1.82, 2.24) is 0 Å². The molecule has 1 atom stereocenters. The van der Waals surface area contributed by atoms with E-state index in [1.807, 2.05) is 54.6 Å². The summed E-state index contributed by atoms with van der Waals surface area (Å²) in [5.74, 6) is -0.647. The Morgan fingerprint density at radius 1 is 1.14 bits per heavy atom. The molecule has 106 valence electrons. The normalized spacial score (nSPS) is 11.4. The van der Waals surface area contributed by atoms with Crippen LogP contribution in [0, 0.1) is 11.3 Å². The molecule has 2 aromatic rings. The molecule has 3 heteroatoms. The van der Waals surface area contributed by atoms with Gasteiger partial charge in [-0.05, 0) is 23.6 Å². The van der Waals surface area contributed by atoms with Gasteiger partial charge in [-0.2, -0.15) is 5.26 Å². The van der Waals surface area contributed by atoms with Crippen LogP contribution in [0.3, 0.4) is 0 Å². The number of rotatable bonds is 5. The van der Waals surface area contributed by atoms with Gasteiger partial charge in [0.05, 0.1) is 25.0 Å². The largest absolute Gasteiger partial charge is 0.466 e. The van der Waals surface area contributed by atoms with Crippen LogP contribution in [-0.4, -0.2) is 12.6 Å². The number of hydrogen-bond acceptors (Lipinski definition) is 3. The third-order valence-electron chi connectivity index (χ3n) is 3.27. The van der Waals surface area contributed by atoms with E-state index >= 15 is 0 Å². The molecule has 0 aromatic heterocycles. The van der Waals surface area contributed by atoms with Crippen molar-refractivity contribution >= 4 is 5.97 Å². The van der Waals surface area contributed by atoms with Crippen LogP contribution in [-0.2, 0) is 16.0 Å². The molecule has 0 aliphatic rings. The maximum atomic E-state index is 11.7. The summed E-state index contributed by atoms with van der Waals surface area (Å²) in [6, 6.07) is 19.5. The van der Waals surface area contributed by atoms with Gasteiger partial charge in [-0.25, -0.2) is 0 Å².